The van der Waals surface area contributed by atoms with Gasteiger partial charge in [0.15, 0.2) is 0 Å². The number of amides is 1. The van der Waals surface area contributed by atoms with Crippen LogP contribution in [0.2, 0.25) is 0 Å². The summed E-state index contributed by atoms with van der Waals surface area (Å²) in [6, 6.07) is 9.24. The molecule has 0 aliphatic carbocycles. The molecule has 0 bridgehead atoms. The van der Waals surface area contributed by atoms with Crippen molar-refractivity contribution in [2.24, 2.45) is 0 Å². The summed E-state index contributed by atoms with van der Waals surface area (Å²) in [7, 11) is 0. The van der Waals surface area contributed by atoms with Crippen LogP contribution in [0, 0.1) is 0 Å². The van der Waals surface area contributed by atoms with Crippen molar-refractivity contribution in [3.8, 4) is 0 Å². The number of benzene rings is 1. The third kappa shape index (κ3) is 3.98. The molecule has 4 heteroatoms. The lowest BCUT2D eigenvalue weighted by atomic mass is 9.86. The normalized spacial score (nSPS) is 25.0. The first kappa shape index (κ1) is 17.4. The topological polar surface area (TPSA) is 41.6 Å². The molecule has 1 aromatic carbocycles. The molecular formula is C20H30N2O2. The highest BCUT2D eigenvalue weighted by atomic mass is 16.5. The maximum Gasteiger partial charge on any atom is 0.224 e. The molecule has 132 valence electrons. The molecule has 0 spiro atoms. The van der Waals surface area contributed by atoms with Gasteiger partial charge in [-0.1, -0.05) is 45.0 Å². The molecule has 1 aromatic rings. The van der Waals surface area contributed by atoms with E-state index < -0.39 is 0 Å². The Morgan fingerprint density at radius 3 is 2.67 bits per heavy atom. The van der Waals surface area contributed by atoms with Crippen LogP contribution in [0.15, 0.2) is 24.3 Å². The molecular weight excluding hydrogens is 300 g/mol. The number of hydrogen-bond acceptors (Lipinski definition) is 3. The Morgan fingerprint density at radius 1 is 1.29 bits per heavy atom. The summed E-state index contributed by atoms with van der Waals surface area (Å²) in [4.78, 5) is 14.8. The number of ether oxygens (including phenoxy) is 1. The fourth-order valence-corrected chi connectivity index (χ4v) is 3.70. The molecule has 0 radical (unpaired) electrons. The van der Waals surface area contributed by atoms with Gasteiger partial charge in [0.1, 0.15) is 0 Å². The van der Waals surface area contributed by atoms with E-state index in [1.54, 1.807) is 0 Å². The molecule has 2 saturated heterocycles. The van der Waals surface area contributed by atoms with E-state index in [1.807, 2.05) is 0 Å². The second-order valence-corrected chi connectivity index (χ2v) is 8.05. The first-order chi connectivity index (χ1) is 11.4. The molecule has 2 heterocycles. The van der Waals surface area contributed by atoms with Crippen LogP contribution < -0.4 is 5.32 Å². The average molecular weight is 330 g/mol. The number of rotatable bonds is 3. The molecule has 1 N–H and O–H groups in total. The molecule has 2 aliphatic rings. The monoisotopic (exact) mass is 330 g/mol. The van der Waals surface area contributed by atoms with Crippen molar-refractivity contribution in [3.05, 3.63) is 35.4 Å². The van der Waals surface area contributed by atoms with E-state index in [0.29, 0.717) is 13.0 Å². The Hall–Kier alpha value is -1.39. The van der Waals surface area contributed by atoms with Gasteiger partial charge in [-0.25, -0.2) is 0 Å². The van der Waals surface area contributed by atoms with Gasteiger partial charge in [0.2, 0.25) is 5.91 Å². The number of likely N-dealkylation sites (tertiary alicyclic amines) is 1. The predicted octanol–water partition coefficient (Wildman–Crippen LogP) is 3.03. The zero-order chi connectivity index (χ0) is 17.2. The summed E-state index contributed by atoms with van der Waals surface area (Å²) in [5.74, 6) is 0.250. The number of morpholine rings is 1. The maximum absolute atomic E-state index is 12.8. The lowest BCUT2D eigenvalue weighted by Gasteiger charge is -2.29. The minimum Gasteiger partial charge on any atom is -0.378 e. The summed E-state index contributed by atoms with van der Waals surface area (Å²) >= 11 is 0. The summed E-state index contributed by atoms with van der Waals surface area (Å²) in [5.41, 5.74) is 2.77. The second kappa shape index (κ2) is 7.24. The number of carbonyl (C=O) groups excluding carboxylic acids is 1. The molecule has 2 atom stereocenters. The van der Waals surface area contributed by atoms with Crippen molar-refractivity contribution < 1.29 is 9.53 Å². The van der Waals surface area contributed by atoms with Crippen LogP contribution in [0.1, 0.15) is 57.2 Å². The first-order valence-corrected chi connectivity index (χ1v) is 9.16. The maximum atomic E-state index is 12.8. The van der Waals surface area contributed by atoms with Gasteiger partial charge < -0.3 is 15.0 Å². The zero-order valence-electron chi connectivity index (χ0n) is 15.2. The molecule has 2 fully saturated rings. The van der Waals surface area contributed by atoms with E-state index in [-0.39, 0.29) is 23.4 Å². The van der Waals surface area contributed by atoms with Crippen LogP contribution in [0.25, 0.3) is 0 Å². The summed E-state index contributed by atoms with van der Waals surface area (Å²) in [6.07, 6.45) is 2.69. The second-order valence-electron chi connectivity index (χ2n) is 8.05. The summed E-state index contributed by atoms with van der Waals surface area (Å²) in [6.45, 7) is 9.79. The fourth-order valence-electron chi connectivity index (χ4n) is 3.70. The highest BCUT2D eigenvalue weighted by molar-refractivity contribution is 5.77. The minimum absolute atomic E-state index is 0.163. The van der Waals surface area contributed by atoms with Crippen LogP contribution in [0.5, 0.6) is 0 Å². The average Bonchev–Trinajstić information content (AvgIpc) is 3.05. The Labute approximate surface area is 145 Å². The Morgan fingerprint density at radius 2 is 2.04 bits per heavy atom. The molecule has 0 aromatic heterocycles. The largest absolute Gasteiger partial charge is 0.378 e. The standard InChI is InChI=1S/C20H30N2O2/c1-20(2,3)16-8-6-15(7-9-16)18-5-4-11-22(18)19(23)13-17-14-24-12-10-21-17/h6-9,17-18,21H,4-5,10-14H2,1-3H3. The van der Waals surface area contributed by atoms with Gasteiger partial charge in [-0.2, -0.15) is 0 Å². The minimum atomic E-state index is 0.163. The molecule has 1 amide bonds. The number of nitrogens with one attached hydrogen (secondary N) is 1. The lowest BCUT2D eigenvalue weighted by Crippen LogP contribution is -2.45. The van der Waals surface area contributed by atoms with Crippen molar-refractivity contribution in [2.45, 2.75) is 57.5 Å². The van der Waals surface area contributed by atoms with Crippen molar-refractivity contribution >= 4 is 5.91 Å². The third-order valence-corrected chi connectivity index (χ3v) is 5.15. The van der Waals surface area contributed by atoms with Crippen LogP contribution >= 0.6 is 0 Å². The summed E-state index contributed by atoms with van der Waals surface area (Å²) in [5, 5.41) is 3.38. The SMILES string of the molecule is CC(C)(C)c1ccc(C2CCCN2C(=O)CC2COCCN2)cc1. The number of nitrogens with zero attached hydrogens (tertiary/aromatic N) is 1. The van der Waals surface area contributed by atoms with Gasteiger partial charge in [-0.15, -0.1) is 0 Å². The smallest absolute Gasteiger partial charge is 0.224 e. The van der Waals surface area contributed by atoms with Crippen molar-refractivity contribution in [3.63, 3.8) is 0 Å². The van der Waals surface area contributed by atoms with Gasteiger partial charge in [0, 0.05) is 25.6 Å². The number of hydrogen-bond donors (Lipinski definition) is 1. The van der Waals surface area contributed by atoms with E-state index in [0.717, 1.165) is 32.5 Å². The van der Waals surface area contributed by atoms with E-state index in [9.17, 15) is 4.79 Å². The predicted molar refractivity (Wildman–Crippen MR) is 96.1 cm³/mol. The van der Waals surface area contributed by atoms with Gasteiger partial charge >= 0.3 is 0 Å². The Balaban J connectivity index is 1.67. The van der Waals surface area contributed by atoms with E-state index in [1.165, 1.54) is 11.1 Å². The molecule has 4 nitrogen and oxygen atoms in total. The van der Waals surface area contributed by atoms with E-state index in [2.05, 4.69) is 55.3 Å². The van der Waals surface area contributed by atoms with Gasteiger partial charge in [-0.3, -0.25) is 4.79 Å². The third-order valence-electron chi connectivity index (χ3n) is 5.15. The van der Waals surface area contributed by atoms with Crippen molar-refractivity contribution in [1.29, 1.82) is 0 Å². The zero-order valence-corrected chi connectivity index (χ0v) is 15.2. The van der Waals surface area contributed by atoms with Crippen molar-refractivity contribution in [1.82, 2.24) is 10.2 Å². The fraction of sp³-hybridized carbons (Fsp3) is 0.650. The number of carbonyl (C=O) groups is 1. The van der Waals surface area contributed by atoms with Crippen LogP contribution in [-0.2, 0) is 14.9 Å². The van der Waals surface area contributed by atoms with Gasteiger partial charge in [-0.05, 0) is 29.4 Å². The summed E-state index contributed by atoms with van der Waals surface area (Å²) < 4.78 is 5.47. The molecule has 3 rings (SSSR count). The van der Waals surface area contributed by atoms with Gasteiger partial charge in [0.05, 0.1) is 19.3 Å². The molecule has 2 unspecified atom stereocenters. The lowest BCUT2D eigenvalue weighted by molar-refractivity contribution is -0.133. The van der Waals surface area contributed by atoms with Gasteiger partial charge in [0.25, 0.3) is 0 Å². The molecule has 24 heavy (non-hydrogen) atoms. The van der Waals surface area contributed by atoms with Crippen LogP contribution in [-0.4, -0.2) is 43.2 Å². The highest BCUT2D eigenvalue weighted by Crippen LogP contribution is 2.34. The van der Waals surface area contributed by atoms with Crippen LogP contribution in [0.4, 0.5) is 0 Å². The Bertz CT molecular complexity index is 556. The first-order valence-electron chi connectivity index (χ1n) is 9.16. The quantitative estimate of drug-likeness (QED) is 0.926. The van der Waals surface area contributed by atoms with E-state index >= 15 is 0 Å². The molecule has 0 saturated carbocycles. The van der Waals surface area contributed by atoms with Crippen LogP contribution in [0.3, 0.4) is 0 Å². The molecule has 2 aliphatic heterocycles. The highest BCUT2D eigenvalue weighted by Gasteiger charge is 2.31. The van der Waals surface area contributed by atoms with Crippen molar-refractivity contribution in [2.75, 3.05) is 26.3 Å². The van der Waals surface area contributed by atoms with E-state index in [4.69, 9.17) is 4.74 Å². The Kier molecular flexibility index (Phi) is 5.26.